The summed E-state index contributed by atoms with van der Waals surface area (Å²) in [6.07, 6.45) is -4.10. The molecular formula is C17H18F3N3O3S. The minimum absolute atomic E-state index is 0.0731. The lowest BCUT2D eigenvalue weighted by molar-refractivity contribution is -0.137. The van der Waals surface area contributed by atoms with Crippen molar-refractivity contribution in [2.24, 2.45) is 0 Å². The van der Waals surface area contributed by atoms with Crippen molar-refractivity contribution in [1.29, 1.82) is 0 Å². The Hall–Kier alpha value is -2.20. The molecule has 3 rings (SSSR count). The molecule has 1 aliphatic rings. The summed E-state index contributed by atoms with van der Waals surface area (Å²) in [6.45, 7) is 4.88. The van der Waals surface area contributed by atoms with Crippen molar-refractivity contribution >= 4 is 17.2 Å². The molecule has 10 heteroatoms. The maximum atomic E-state index is 12.7. The van der Waals surface area contributed by atoms with Gasteiger partial charge >= 0.3 is 6.18 Å². The number of alkyl halides is 3. The number of nitrogens with zero attached hydrogens (tertiary/aromatic N) is 3. The summed E-state index contributed by atoms with van der Waals surface area (Å²) in [5, 5.41) is 0.831. The van der Waals surface area contributed by atoms with Crippen LogP contribution in [0.3, 0.4) is 0 Å². The van der Waals surface area contributed by atoms with Gasteiger partial charge in [-0.05, 0) is 19.9 Å². The lowest BCUT2D eigenvalue weighted by atomic mass is 10.2. The number of halogens is 3. The van der Waals surface area contributed by atoms with Gasteiger partial charge < -0.3 is 14.4 Å². The number of amides is 1. The van der Waals surface area contributed by atoms with Gasteiger partial charge in [-0.2, -0.15) is 13.2 Å². The Morgan fingerprint density at radius 2 is 2.19 bits per heavy atom. The Bertz CT molecular complexity index is 808. The highest BCUT2D eigenvalue weighted by molar-refractivity contribution is 7.13. The number of morpholine rings is 1. The van der Waals surface area contributed by atoms with Crippen LogP contribution in [0.15, 0.2) is 18.3 Å². The Morgan fingerprint density at radius 3 is 2.78 bits per heavy atom. The van der Waals surface area contributed by atoms with Crippen LogP contribution in [0, 0.1) is 13.8 Å². The van der Waals surface area contributed by atoms with Crippen LogP contribution in [0.25, 0.3) is 0 Å². The monoisotopic (exact) mass is 401 g/mol. The molecule has 2 aromatic heterocycles. The molecule has 1 atom stereocenters. The van der Waals surface area contributed by atoms with Crippen LogP contribution in [0.4, 0.5) is 13.2 Å². The fourth-order valence-corrected chi connectivity index (χ4v) is 3.58. The summed E-state index contributed by atoms with van der Waals surface area (Å²) in [5.74, 6) is -0.0250. The first-order chi connectivity index (χ1) is 12.7. The van der Waals surface area contributed by atoms with Gasteiger partial charge in [-0.25, -0.2) is 9.97 Å². The van der Waals surface area contributed by atoms with Crippen LogP contribution in [0.1, 0.15) is 25.9 Å². The predicted molar refractivity (Wildman–Crippen MR) is 92.0 cm³/mol. The van der Waals surface area contributed by atoms with Gasteiger partial charge in [0.1, 0.15) is 17.6 Å². The van der Waals surface area contributed by atoms with Crippen LogP contribution >= 0.6 is 11.3 Å². The number of pyridine rings is 1. The third-order valence-electron chi connectivity index (χ3n) is 4.00. The number of aryl methyl sites for hydroxylation is 2. The standard InChI is InChI=1S/C17H18F3N3O3S/c1-10-15(27-11(2)22-10)16(24)23-5-6-25-13(8-23)9-26-14-4-3-12(7-21-14)17(18,19)20/h3-4,7,13H,5-6,8-9H2,1-2H3. The van der Waals surface area contributed by atoms with Gasteiger partial charge in [0.05, 0.1) is 29.4 Å². The third-order valence-corrected chi connectivity index (χ3v) is 5.07. The van der Waals surface area contributed by atoms with Crippen molar-refractivity contribution in [1.82, 2.24) is 14.9 Å². The Kier molecular flexibility index (Phi) is 5.66. The first-order valence-electron chi connectivity index (χ1n) is 8.25. The molecule has 1 aliphatic heterocycles. The largest absolute Gasteiger partial charge is 0.475 e. The second-order valence-electron chi connectivity index (χ2n) is 6.09. The first-order valence-corrected chi connectivity index (χ1v) is 9.06. The van der Waals surface area contributed by atoms with Crippen molar-refractivity contribution in [2.45, 2.75) is 26.1 Å². The molecule has 0 saturated carbocycles. The lowest BCUT2D eigenvalue weighted by Crippen LogP contribution is -2.47. The predicted octanol–water partition coefficient (Wildman–Crippen LogP) is 3.09. The zero-order valence-electron chi connectivity index (χ0n) is 14.7. The highest BCUT2D eigenvalue weighted by atomic mass is 32.1. The third kappa shape index (κ3) is 4.75. The molecule has 1 saturated heterocycles. The van der Waals surface area contributed by atoms with Crippen LogP contribution in [0.5, 0.6) is 5.88 Å². The van der Waals surface area contributed by atoms with Gasteiger partial charge in [0, 0.05) is 18.8 Å². The van der Waals surface area contributed by atoms with E-state index in [-0.39, 0.29) is 24.5 Å². The van der Waals surface area contributed by atoms with Gasteiger partial charge in [0.25, 0.3) is 5.91 Å². The normalized spacial score (nSPS) is 17.8. The Balaban J connectivity index is 1.57. The highest BCUT2D eigenvalue weighted by Gasteiger charge is 2.31. The van der Waals surface area contributed by atoms with E-state index in [0.29, 0.717) is 30.3 Å². The van der Waals surface area contributed by atoms with Gasteiger partial charge in [0.2, 0.25) is 5.88 Å². The van der Waals surface area contributed by atoms with E-state index in [2.05, 4.69) is 9.97 Å². The first kappa shape index (κ1) is 19.6. The average molecular weight is 401 g/mol. The summed E-state index contributed by atoms with van der Waals surface area (Å²) in [6, 6.07) is 2.08. The SMILES string of the molecule is Cc1nc(C)c(C(=O)N2CCOC(COc3ccc(C(F)(F)F)cn3)C2)s1. The second kappa shape index (κ2) is 7.81. The van der Waals surface area contributed by atoms with E-state index in [1.807, 2.05) is 6.92 Å². The van der Waals surface area contributed by atoms with E-state index in [0.717, 1.165) is 23.3 Å². The fraction of sp³-hybridized carbons (Fsp3) is 0.471. The number of carbonyl (C=O) groups is 1. The molecule has 0 aliphatic carbocycles. The van der Waals surface area contributed by atoms with Crippen LogP contribution in [-0.2, 0) is 10.9 Å². The van der Waals surface area contributed by atoms with E-state index in [9.17, 15) is 18.0 Å². The van der Waals surface area contributed by atoms with Crippen LogP contribution in [-0.4, -0.2) is 53.2 Å². The molecule has 0 radical (unpaired) electrons. The Morgan fingerprint density at radius 1 is 1.41 bits per heavy atom. The maximum Gasteiger partial charge on any atom is 0.417 e. The molecule has 6 nitrogen and oxygen atoms in total. The molecule has 0 aromatic carbocycles. The quantitative estimate of drug-likeness (QED) is 0.788. The molecular weight excluding hydrogens is 383 g/mol. The molecule has 2 aromatic rings. The fourth-order valence-electron chi connectivity index (χ4n) is 2.69. The lowest BCUT2D eigenvalue weighted by Gasteiger charge is -2.32. The Labute approximate surface area is 157 Å². The van der Waals surface area contributed by atoms with Crippen LogP contribution in [0.2, 0.25) is 0 Å². The van der Waals surface area contributed by atoms with E-state index in [1.165, 1.54) is 11.3 Å². The second-order valence-corrected chi connectivity index (χ2v) is 7.29. The smallest absolute Gasteiger partial charge is 0.417 e. The highest BCUT2D eigenvalue weighted by Crippen LogP contribution is 2.29. The molecule has 0 spiro atoms. The summed E-state index contributed by atoms with van der Waals surface area (Å²) < 4.78 is 48.6. The van der Waals surface area contributed by atoms with Crippen molar-refractivity contribution in [3.63, 3.8) is 0 Å². The summed E-state index contributed by atoms with van der Waals surface area (Å²) in [5.41, 5.74) is -0.133. The number of ether oxygens (including phenoxy) is 2. The maximum absolute atomic E-state index is 12.7. The molecule has 146 valence electrons. The molecule has 1 fully saturated rings. The van der Waals surface area contributed by atoms with Gasteiger partial charge in [-0.15, -0.1) is 11.3 Å². The topological polar surface area (TPSA) is 64.6 Å². The molecule has 27 heavy (non-hydrogen) atoms. The molecule has 3 heterocycles. The number of thiazole rings is 1. The zero-order chi connectivity index (χ0) is 19.6. The van der Waals surface area contributed by atoms with Crippen molar-refractivity contribution in [3.05, 3.63) is 39.5 Å². The van der Waals surface area contributed by atoms with Crippen molar-refractivity contribution < 1.29 is 27.4 Å². The van der Waals surface area contributed by atoms with Crippen molar-refractivity contribution in [3.8, 4) is 5.88 Å². The molecule has 0 N–H and O–H groups in total. The molecule has 1 amide bonds. The van der Waals surface area contributed by atoms with Gasteiger partial charge in [-0.1, -0.05) is 0 Å². The summed E-state index contributed by atoms with van der Waals surface area (Å²) >= 11 is 1.35. The average Bonchev–Trinajstić information content (AvgIpc) is 2.97. The number of hydrogen-bond acceptors (Lipinski definition) is 6. The van der Waals surface area contributed by atoms with E-state index in [4.69, 9.17) is 9.47 Å². The summed E-state index contributed by atoms with van der Waals surface area (Å²) in [7, 11) is 0. The molecule has 0 bridgehead atoms. The zero-order valence-corrected chi connectivity index (χ0v) is 15.6. The minimum atomic E-state index is -4.44. The minimum Gasteiger partial charge on any atom is -0.475 e. The number of carbonyl (C=O) groups excluding carboxylic acids is 1. The van der Waals surface area contributed by atoms with E-state index in [1.54, 1.807) is 11.8 Å². The van der Waals surface area contributed by atoms with E-state index < -0.39 is 11.7 Å². The van der Waals surface area contributed by atoms with Gasteiger partial charge in [0.15, 0.2) is 0 Å². The van der Waals surface area contributed by atoms with E-state index >= 15 is 0 Å². The number of aromatic nitrogens is 2. The number of rotatable bonds is 4. The molecule has 1 unspecified atom stereocenters. The van der Waals surface area contributed by atoms with Crippen LogP contribution < -0.4 is 4.74 Å². The van der Waals surface area contributed by atoms with Gasteiger partial charge in [-0.3, -0.25) is 4.79 Å². The summed E-state index contributed by atoms with van der Waals surface area (Å²) in [4.78, 5) is 22.9. The number of hydrogen-bond donors (Lipinski definition) is 0. The van der Waals surface area contributed by atoms with Crippen molar-refractivity contribution in [2.75, 3.05) is 26.3 Å².